The van der Waals surface area contributed by atoms with Gasteiger partial charge in [-0.3, -0.25) is 0 Å². The zero-order valence-electron chi connectivity index (χ0n) is 7.85. The van der Waals surface area contributed by atoms with Gasteiger partial charge in [-0.05, 0) is 0 Å². The number of rotatable bonds is 3. The summed E-state index contributed by atoms with van der Waals surface area (Å²) in [4.78, 5) is 0. The van der Waals surface area contributed by atoms with E-state index in [0.717, 1.165) is 0 Å². The first kappa shape index (κ1) is 11.8. The number of fused-ring (bicyclic) bond motifs is 1. The van der Waals surface area contributed by atoms with Gasteiger partial charge < -0.3 is 0 Å². The summed E-state index contributed by atoms with van der Waals surface area (Å²) in [5.74, 6) is 1.20. The van der Waals surface area contributed by atoms with E-state index in [2.05, 4.69) is 0 Å². The SMILES string of the molecule is CCOP1(Cl)([Se]Cl)Oc2ccccc2O1. The first-order valence-corrected chi connectivity index (χ1v) is 11.6. The first-order chi connectivity index (χ1) is 7.09. The van der Waals surface area contributed by atoms with Gasteiger partial charge in [0.1, 0.15) is 0 Å². The summed E-state index contributed by atoms with van der Waals surface area (Å²) in [5, 5.41) is -3.59. The molecule has 7 heteroatoms. The maximum absolute atomic E-state index is 6.34. The predicted molar refractivity (Wildman–Crippen MR) is 63.7 cm³/mol. The fraction of sp³-hybridized carbons (Fsp3) is 0.250. The van der Waals surface area contributed by atoms with E-state index in [1.807, 2.05) is 19.1 Å². The third kappa shape index (κ3) is 2.08. The van der Waals surface area contributed by atoms with Crippen molar-refractivity contribution in [2.75, 3.05) is 6.61 Å². The van der Waals surface area contributed by atoms with E-state index in [4.69, 9.17) is 34.9 Å². The van der Waals surface area contributed by atoms with Crippen molar-refractivity contribution in [1.29, 1.82) is 0 Å². The molecule has 3 nitrogen and oxygen atoms in total. The normalized spacial score (nSPS) is 23.0. The Kier molecular flexibility index (Phi) is 3.11. The molecular weight excluding hydrogens is 325 g/mol. The average Bonchev–Trinajstić information content (AvgIpc) is 2.52. The van der Waals surface area contributed by atoms with Gasteiger partial charge in [-0.15, -0.1) is 0 Å². The number of para-hydroxylation sites is 2. The number of benzene rings is 1. The van der Waals surface area contributed by atoms with Gasteiger partial charge in [0.15, 0.2) is 0 Å². The number of halogens is 2. The van der Waals surface area contributed by atoms with Crippen LogP contribution in [0, 0.1) is 0 Å². The van der Waals surface area contributed by atoms with Crippen LogP contribution >= 0.6 is 26.7 Å². The molecule has 84 valence electrons. The van der Waals surface area contributed by atoms with Crippen molar-refractivity contribution in [3.63, 3.8) is 0 Å². The van der Waals surface area contributed by atoms with E-state index in [1.54, 1.807) is 12.1 Å². The van der Waals surface area contributed by atoms with Crippen molar-refractivity contribution in [3.05, 3.63) is 24.3 Å². The van der Waals surface area contributed by atoms with Crippen LogP contribution in [-0.4, -0.2) is 20.2 Å². The molecule has 0 spiro atoms. The molecule has 2 rings (SSSR count). The molecule has 0 aliphatic carbocycles. The third-order valence-corrected chi connectivity index (χ3v) is 13.2. The van der Waals surface area contributed by atoms with Gasteiger partial charge in [-0.1, -0.05) is 0 Å². The van der Waals surface area contributed by atoms with Crippen molar-refractivity contribution < 1.29 is 13.6 Å². The molecule has 15 heavy (non-hydrogen) atoms. The monoisotopic (exact) mass is 334 g/mol. The van der Waals surface area contributed by atoms with Crippen LogP contribution < -0.4 is 9.05 Å². The summed E-state index contributed by atoms with van der Waals surface area (Å²) in [6.45, 7) is 2.24. The van der Waals surface area contributed by atoms with E-state index >= 15 is 0 Å². The molecule has 0 saturated heterocycles. The van der Waals surface area contributed by atoms with Crippen LogP contribution in [0.25, 0.3) is 0 Å². The van der Waals surface area contributed by atoms with Crippen LogP contribution in [0.1, 0.15) is 6.92 Å². The molecule has 0 aromatic heterocycles. The Morgan fingerprint density at radius 2 is 1.87 bits per heavy atom. The van der Waals surface area contributed by atoms with Crippen molar-refractivity contribution in [3.8, 4) is 11.5 Å². The predicted octanol–water partition coefficient (Wildman–Crippen LogP) is 3.72. The van der Waals surface area contributed by atoms with Crippen LogP contribution in [0.4, 0.5) is 0 Å². The van der Waals surface area contributed by atoms with Gasteiger partial charge in [0.05, 0.1) is 0 Å². The Morgan fingerprint density at radius 1 is 1.33 bits per heavy atom. The summed E-state index contributed by atoms with van der Waals surface area (Å²) in [6.07, 6.45) is 0. The van der Waals surface area contributed by atoms with Gasteiger partial charge in [-0.2, -0.15) is 0 Å². The summed E-state index contributed by atoms with van der Waals surface area (Å²) in [7, 11) is 5.89. The standard InChI is InChI=1S/C8H9Cl2O3PSe/c1-2-11-14(9,15-10)12-7-5-3-4-6-8(7)13-14/h3-6H,2H2,1H3. The molecular formula is C8H9Cl2O3PSe. The van der Waals surface area contributed by atoms with Crippen molar-refractivity contribution in [1.82, 2.24) is 0 Å². The second-order valence-electron chi connectivity index (χ2n) is 2.84. The van der Waals surface area contributed by atoms with Gasteiger partial charge in [0, 0.05) is 0 Å². The van der Waals surface area contributed by atoms with Gasteiger partial charge in [0.25, 0.3) is 0 Å². The molecule has 0 N–H and O–H groups in total. The molecule has 1 aromatic rings. The molecule has 0 radical (unpaired) electrons. The molecule has 0 saturated carbocycles. The van der Waals surface area contributed by atoms with Crippen LogP contribution in [0.15, 0.2) is 24.3 Å². The molecule has 0 atom stereocenters. The van der Waals surface area contributed by atoms with E-state index in [1.165, 1.54) is 0 Å². The van der Waals surface area contributed by atoms with Gasteiger partial charge >= 0.3 is 103 Å². The third-order valence-electron chi connectivity index (χ3n) is 1.79. The number of hydrogen-bond acceptors (Lipinski definition) is 3. The zero-order chi connectivity index (χ0) is 11.0. The van der Waals surface area contributed by atoms with Gasteiger partial charge in [0.2, 0.25) is 0 Å². The summed E-state index contributed by atoms with van der Waals surface area (Å²) in [6, 6.07) is 7.26. The van der Waals surface area contributed by atoms with Crippen LogP contribution in [-0.2, 0) is 4.52 Å². The Morgan fingerprint density at radius 3 is 2.27 bits per heavy atom. The van der Waals surface area contributed by atoms with Crippen LogP contribution in [0.2, 0.25) is 0 Å². The Bertz CT molecular complexity index is 365. The van der Waals surface area contributed by atoms with E-state index in [-0.39, 0.29) is 0 Å². The fourth-order valence-electron chi connectivity index (χ4n) is 1.24. The summed E-state index contributed by atoms with van der Waals surface area (Å²) in [5.41, 5.74) is 0. The minimum absolute atomic E-state index is 0.407. The second kappa shape index (κ2) is 3.96. The maximum atomic E-state index is 6.34. The van der Waals surface area contributed by atoms with E-state index in [0.29, 0.717) is 18.1 Å². The first-order valence-electron chi connectivity index (χ1n) is 4.29. The molecule has 1 aromatic carbocycles. The molecule has 0 amide bonds. The Hall–Kier alpha value is 0.309. The Balaban J connectivity index is 2.36. The topological polar surface area (TPSA) is 27.7 Å². The second-order valence-corrected chi connectivity index (χ2v) is 15.1. The van der Waals surface area contributed by atoms with E-state index < -0.39 is 18.9 Å². The van der Waals surface area contributed by atoms with Crippen LogP contribution in [0.5, 0.6) is 11.5 Å². The zero-order valence-corrected chi connectivity index (χ0v) is 12.0. The molecule has 0 fully saturated rings. The van der Waals surface area contributed by atoms with Crippen molar-refractivity contribution in [2.45, 2.75) is 6.92 Å². The number of hydrogen-bond donors (Lipinski definition) is 0. The summed E-state index contributed by atoms with van der Waals surface area (Å²) >= 11 is 5.76. The molecule has 0 unspecified atom stereocenters. The average molecular weight is 334 g/mol. The van der Waals surface area contributed by atoms with E-state index in [9.17, 15) is 0 Å². The van der Waals surface area contributed by atoms with Gasteiger partial charge in [-0.25, -0.2) is 0 Å². The minimum atomic E-state index is -3.59. The van der Waals surface area contributed by atoms with Crippen molar-refractivity contribution in [2.24, 2.45) is 0 Å². The Labute approximate surface area is 103 Å². The molecule has 0 bridgehead atoms. The molecule has 1 aliphatic rings. The fourth-order valence-corrected chi connectivity index (χ4v) is 7.35. The van der Waals surface area contributed by atoms with Crippen molar-refractivity contribution >= 4 is 40.3 Å². The molecule has 1 aliphatic heterocycles. The summed E-state index contributed by atoms with van der Waals surface area (Å²) < 4.78 is 16.7. The quantitative estimate of drug-likeness (QED) is 0.623. The molecule has 1 heterocycles. The van der Waals surface area contributed by atoms with Crippen LogP contribution in [0.3, 0.4) is 0 Å².